The van der Waals surface area contributed by atoms with E-state index in [9.17, 15) is 4.39 Å². The van der Waals surface area contributed by atoms with E-state index in [1.54, 1.807) is 19.1 Å². The Bertz CT molecular complexity index is 318. The van der Waals surface area contributed by atoms with E-state index in [2.05, 4.69) is 0 Å². The van der Waals surface area contributed by atoms with Crippen molar-refractivity contribution in [3.05, 3.63) is 35.1 Å². The molecule has 0 amide bonds. The summed E-state index contributed by atoms with van der Waals surface area (Å²) in [6, 6.07) is 5.34. The maximum absolute atomic E-state index is 13.2. The predicted molar refractivity (Wildman–Crippen MR) is 50.8 cm³/mol. The molecule has 1 fully saturated rings. The van der Waals surface area contributed by atoms with Gasteiger partial charge < -0.3 is 5.73 Å². The Kier molecular flexibility index (Phi) is 2.08. The molecular weight excluding hydrogens is 165 g/mol. The van der Waals surface area contributed by atoms with Crippen LogP contribution in [-0.2, 0) is 0 Å². The van der Waals surface area contributed by atoms with Gasteiger partial charge in [0.25, 0.3) is 0 Å². The number of rotatable bonds is 2. The quantitative estimate of drug-likeness (QED) is 0.741. The summed E-state index contributed by atoms with van der Waals surface area (Å²) >= 11 is 0. The lowest BCUT2D eigenvalue weighted by Crippen LogP contribution is -2.12. The fourth-order valence-corrected chi connectivity index (χ4v) is 1.54. The molecule has 0 unspecified atom stereocenters. The third-order valence-corrected chi connectivity index (χ3v) is 2.71. The molecule has 0 saturated heterocycles. The molecule has 1 aliphatic carbocycles. The maximum Gasteiger partial charge on any atom is 0.126 e. The van der Waals surface area contributed by atoms with E-state index in [0.717, 1.165) is 5.56 Å². The Balaban J connectivity index is 2.24. The molecule has 13 heavy (non-hydrogen) atoms. The number of nitrogens with two attached hydrogens (primary N) is 1. The molecule has 0 spiro atoms. The molecular formula is C11H14FN. The third kappa shape index (κ3) is 1.73. The van der Waals surface area contributed by atoms with Crippen LogP contribution in [0.15, 0.2) is 18.2 Å². The van der Waals surface area contributed by atoms with Crippen molar-refractivity contribution in [1.29, 1.82) is 0 Å². The van der Waals surface area contributed by atoms with Gasteiger partial charge in [-0.15, -0.1) is 0 Å². The smallest absolute Gasteiger partial charge is 0.126 e. The number of hydrogen-bond acceptors (Lipinski definition) is 1. The largest absolute Gasteiger partial charge is 0.324 e. The van der Waals surface area contributed by atoms with Crippen molar-refractivity contribution >= 4 is 0 Å². The highest BCUT2D eigenvalue weighted by Crippen LogP contribution is 2.39. The van der Waals surface area contributed by atoms with Gasteiger partial charge in [0.1, 0.15) is 5.82 Å². The lowest BCUT2D eigenvalue weighted by molar-refractivity contribution is 0.595. The lowest BCUT2D eigenvalue weighted by atomic mass is 10.0. The zero-order valence-corrected chi connectivity index (χ0v) is 7.76. The molecule has 2 rings (SSSR count). The molecule has 1 atom stereocenters. The zero-order valence-electron chi connectivity index (χ0n) is 7.76. The summed E-state index contributed by atoms with van der Waals surface area (Å²) in [5.74, 6) is 0.440. The molecule has 0 bridgehead atoms. The molecule has 0 radical (unpaired) electrons. The van der Waals surface area contributed by atoms with Gasteiger partial charge in [0.2, 0.25) is 0 Å². The summed E-state index contributed by atoms with van der Waals surface area (Å²) in [4.78, 5) is 0. The summed E-state index contributed by atoms with van der Waals surface area (Å²) in [7, 11) is 0. The van der Waals surface area contributed by atoms with Crippen molar-refractivity contribution in [1.82, 2.24) is 0 Å². The fourth-order valence-electron chi connectivity index (χ4n) is 1.54. The second kappa shape index (κ2) is 3.11. The van der Waals surface area contributed by atoms with Gasteiger partial charge >= 0.3 is 0 Å². The number of hydrogen-bond donors (Lipinski definition) is 1. The molecule has 1 aromatic rings. The van der Waals surface area contributed by atoms with E-state index in [4.69, 9.17) is 5.73 Å². The van der Waals surface area contributed by atoms with E-state index in [1.807, 2.05) is 6.07 Å². The minimum Gasteiger partial charge on any atom is -0.324 e. The van der Waals surface area contributed by atoms with Crippen LogP contribution in [0.1, 0.15) is 30.0 Å². The standard InChI is InChI=1S/C11H14FN/c1-7-2-3-9(6-10(7)12)11(13)8-4-5-8/h2-3,6,8,11H,4-5,13H2,1H3/t11-/m0/s1. The van der Waals surface area contributed by atoms with E-state index < -0.39 is 0 Å². The molecule has 1 aliphatic rings. The normalized spacial score (nSPS) is 18.7. The van der Waals surface area contributed by atoms with Crippen LogP contribution < -0.4 is 5.73 Å². The van der Waals surface area contributed by atoms with Gasteiger partial charge in [0.05, 0.1) is 0 Å². The van der Waals surface area contributed by atoms with E-state index in [0.29, 0.717) is 11.5 Å². The van der Waals surface area contributed by atoms with Gasteiger partial charge in [-0.1, -0.05) is 12.1 Å². The highest BCUT2D eigenvalue weighted by atomic mass is 19.1. The Morgan fingerprint density at radius 2 is 2.15 bits per heavy atom. The average Bonchev–Trinajstić information content (AvgIpc) is 2.91. The highest BCUT2D eigenvalue weighted by molar-refractivity contribution is 5.26. The Labute approximate surface area is 77.8 Å². The highest BCUT2D eigenvalue weighted by Gasteiger charge is 2.29. The van der Waals surface area contributed by atoms with Crippen LogP contribution in [0.5, 0.6) is 0 Å². The molecule has 0 aromatic heterocycles. The molecule has 70 valence electrons. The van der Waals surface area contributed by atoms with Crippen LogP contribution in [0.3, 0.4) is 0 Å². The maximum atomic E-state index is 13.2. The molecule has 1 nitrogen and oxygen atoms in total. The minimum absolute atomic E-state index is 0.0371. The molecule has 0 heterocycles. The van der Waals surface area contributed by atoms with Crippen LogP contribution >= 0.6 is 0 Å². The predicted octanol–water partition coefficient (Wildman–Crippen LogP) is 2.54. The Morgan fingerprint density at radius 1 is 1.46 bits per heavy atom. The monoisotopic (exact) mass is 179 g/mol. The first-order valence-electron chi connectivity index (χ1n) is 4.70. The molecule has 2 N–H and O–H groups in total. The van der Waals surface area contributed by atoms with Gasteiger partial charge in [-0.3, -0.25) is 0 Å². The van der Waals surface area contributed by atoms with Crippen molar-refractivity contribution in [2.45, 2.75) is 25.8 Å². The topological polar surface area (TPSA) is 26.0 Å². The van der Waals surface area contributed by atoms with Gasteiger partial charge in [-0.05, 0) is 42.9 Å². The molecule has 1 aromatic carbocycles. The van der Waals surface area contributed by atoms with Crippen LogP contribution in [0.2, 0.25) is 0 Å². The van der Waals surface area contributed by atoms with Crippen LogP contribution in [0.25, 0.3) is 0 Å². The zero-order chi connectivity index (χ0) is 9.42. The Hall–Kier alpha value is -0.890. The van der Waals surface area contributed by atoms with Crippen LogP contribution in [0.4, 0.5) is 4.39 Å². The average molecular weight is 179 g/mol. The number of halogens is 1. The van der Waals surface area contributed by atoms with E-state index >= 15 is 0 Å². The summed E-state index contributed by atoms with van der Waals surface area (Å²) in [6.45, 7) is 1.77. The van der Waals surface area contributed by atoms with Crippen molar-refractivity contribution in [3.8, 4) is 0 Å². The van der Waals surface area contributed by atoms with Gasteiger partial charge in [0.15, 0.2) is 0 Å². The third-order valence-electron chi connectivity index (χ3n) is 2.71. The van der Waals surface area contributed by atoms with Gasteiger partial charge in [0, 0.05) is 6.04 Å². The molecule has 2 heteroatoms. The summed E-state index contributed by atoms with van der Waals surface area (Å²) in [5, 5.41) is 0. The SMILES string of the molecule is Cc1ccc([C@@H](N)C2CC2)cc1F. The minimum atomic E-state index is -0.145. The Morgan fingerprint density at radius 3 is 2.69 bits per heavy atom. The van der Waals surface area contributed by atoms with Crippen molar-refractivity contribution < 1.29 is 4.39 Å². The summed E-state index contributed by atoms with van der Waals surface area (Å²) in [5.41, 5.74) is 7.58. The second-order valence-electron chi connectivity index (χ2n) is 3.87. The van der Waals surface area contributed by atoms with E-state index in [-0.39, 0.29) is 11.9 Å². The van der Waals surface area contributed by atoms with Crippen molar-refractivity contribution in [2.24, 2.45) is 11.7 Å². The molecule has 1 saturated carbocycles. The van der Waals surface area contributed by atoms with Gasteiger partial charge in [-0.25, -0.2) is 4.39 Å². The first-order valence-corrected chi connectivity index (χ1v) is 4.70. The molecule has 0 aliphatic heterocycles. The first kappa shape index (κ1) is 8.70. The summed E-state index contributed by atoms with van der Waals surface area (Å²) in [6.07, 6.45) is 2.38. The van der Waals surface area contributed by atoms with Crippen LogP contribution in [-0.4, -0.2) is 0 Å². The van der Waals surface area contributed by atoms with Crippen molar-refractivity contribution in [2.75, 3.05) is 0 Å². The number of aryl methyl sites for hydroxylation is 1. The van der Waals surface area contributed by atoms with E-state index in [1.165, 1.54) is 12.8 Å². The summed E-state index contributed by atoms with van der Waals surface area (Å²) < 4.78 is 13.2. The lowest BCUT2D eigenvalue weighted by Gasteiger charge is -2.10. The first-order chi connectivity index (χ1) is 6.18. The second-order valence-corrected chi connectivity index (χ2v) is 3.87. The van der Waals surface area contributed by atoms with Crippen LogP contribution in [0, 0.1) is 18.7 Å². The fraction of sp³-hybridized carbons (Fsp3) is 0.455. The number of benzene rings is 1. The van der Waals surface area contributed by atoms with Crippen molar-refractivity contribution in [3.63, 3.8) is 0 Å². The van der Waals surface area contributed by atoms with Gasteiger partial charge in [-0.2, -0.15) is 0 Å².